The van der Waals surface area contributed by atoms with Crippen molar-refractivity contribution in [2.45, 2.75) is 38.4 Å². The number of nitrogens with zero attached hydrogens (tertiary/aromatic N) is 3. The number of rotatable bonds is 9. The number of benzene rings is 2. The van der Waals surface area contributed by atoms with Crippen LogP contribution in [0.5, 0.6) is 17.4 Å². The lowest BCUT2D eigenvalue weighted by Crippen LogP contribution is -2.26. The fourth-order valence-electron chi connectivity index (χ4n) is 3.99. The summed E-state index contributed by atoms with van der Waals surface area (Å²) in [5.74, 6) is 1.17. The number of fused-ring (bicyclic) bond motifs is 1. The van der Waals surface area contributed by atoms with Crippen LogP contribution >= 0.6 is 0 Å². The molecule has 2 N–H and O–H groups in total. The van der Waals surface area contributed by atoms with E-state index in [0.717, 1.165) is 24.0 Å². The van der Waals surface area contributed by atoms with Crippen molar-refractivity contribution in [1.82, 2.24) is 19.9 Å². The predicted octanol–water partition coefficient (Wildman–Crippen LogP) is 5.76. The lowest BCUT2D eigenvalue weighted by Gasteiger charge is -2.13. The highest BCUT2D eigenvalue weighted by atomic mass is 19.4. The highest BCUT2D eigenvalue weighted by Crippen LogP contribution is 2.31. The molecule has 38 heavy (non-hydrogen) atoms. The first-order valence-electron chi connectivity index (χ1n) is 12.1. The molecule has 8 nitrogen and oxygen atoms in total. The lowest BCUT2D eigenvalue weighted by atomic mass is 10.0. The molecule has 11 heteroatoms. The number of alkyl halides is 3. The highest BCUT2D eigenvalue weighted by Gasteiger charge is 2.27. The fraction of sp³-hybridized carbons (Fsp3) is 0.296. The molecule has 2 aromatic carbocycles. The number of nitrogens with one attached hydrogen (secondary N) is 2. The standard InChI is InChI=1S/C27H26F3N5O3/c1-16-13-17(3-10-21(16)26(36)33-18-4-5-18)23-15-32-25-22(31-12-11-27(28,29)30)14-24(34-35(23)25)38-20-8-6-19(37-2)7-9-20/h3,6-10,13-15,18,31H,4-5,11-12H2,1-2H3,(H,33,36). The Hall–Kier alpha value is -4.28. The van der Waals surface area contributed by atoms with E-state index in [9.17, 15) is 18.0 Å². The molecule has 0 atom stereocenters. The molecule has 1 saturated carbocycles. The molecule has 1 aliphatic carbocycles. The van der Waals surface area contributed by atoms with Crippen LogP contribution < -0.4 is 20.1 Å². The van der Waals surface area contributed by atoms with E-state index < -0.39 is 12.6 Å². The zero-order valence-corrected chi connectivity index (χ0v) is 20.8. The van der Waals surface area contributed by atoms with Crippen LogP contribution in [0.3, 0.4) is 0 Å². The maximum absolute atomic E-state index is 12.8. The lowest BCUT2D eigenvalue weighted by molar-refractivity contribution is -0.131. The Labute approximate surface area is 216 Å². The van der Waals surface area contributed by atoms with Gasteiger partial charge in [0.25, 0.3) is 5.91 Å². The van der Waals surface area contributed by atoms with Crippen LogP contribution in [0, 0.1) is 6.92 Å². The third-order valence-corrected chi connectivity index (χ3v) is 6.13. The Bertz CT molecular complexity index is 1460. The first kappa shape index (κ1) is 25.4. The van der Waals surface area contributed by atoms with Gasteiger partial charge in [-0.15, -0.1) is 5.10 Å². The van der Waals surface area contributed by atoms with Gasteiger partial charge >= 0.3 is 6.18 Å². The zero-order valence-electron chi connectivity index (χ0n) is 20.8. The van der Waals surface area contributed by atoms with Gasteiger partial charge in [-0.3, -0.25) is 4.79 Å². The number of amides is 1. The maximum Gasteiger partial charge on any atom is 0.390 e. The van der Waals surface area contributed by atoms with Crippen molar-refractivity contribution in [1.29, 1.82) is 0 Å². The molecule has 198 valence electrons. The van der Waals surface area contributed by atoms with E-state index in [1.165, 1.54) is 10.6 Å². The van der Waals surface area contributed by atoms with Gasteiger partial charge in [0.2, 0.25) is 5.88 Å². The number of carbonyl (C=O) groups is 1. The second-order valence-electron chi connectivity index (χ2n) is 9.12. The molecule has 0 radical (unpaired) electrons. The average Bonchev–Trinajstić information content (AvgIpc) is 3.58. The molecule has 1 amide bonds. The van der Waals surface area contributed by atoms with E-state index in [1.54, 1.807) is 49.7 Å². The Kier molecular flexibility index (Phi) is 6.83. The normalized spacial score (nSPS) is 13.4. The largest absolute Gasteiger partial charge is 0.497 e. The minimum Gasteiger partial charge on any atom is -0.497 e. The minimum atomic E-state index is -4.30. The van der Waals surface area contributed by atoms with E-state index in [0.29, 0.717) is 34.1 Å². The monoisotopic (exact) mass is 525 g/mol. The molecule has 0 saturated heterocycles. The topological polar surface area (TPSA) is 89.8 Å². The van der Waals surface area contributed by atoms with Gasteiger partial charge in [0.05, 0.1) is 31.1 Å². The number of imidazole rings is 1. The molecule has 0 spiro atoms. The van der Waals surface area contributed by atoms with Crippen LogP contribution in [0.4, 0.5) is 18.9 Å². The van der Waals surface area contributed by atoms with E-state index in [2.05, 4.69) is 20.7 Å². The third-order valence-electron chi connectivity index (χ3n) is 6.13. The number of carbonyl (C=O) groups excluding carboxylic acids is 1. The first-order valence-corrected chi connectivity index (χ1v) is 12.1. The summed E-state index contributed by atoms with van der Waals surface area (Å²) in [6.07, 6.45) is -1.72. The molecule has 0 unspecified atom stereocenters. The number of halogens is 3. The summed E-state index contributed by atoms with van der Waals surface area (Å²) in [5.41, 5.74) is 3.39. The summed E-state index contributed by atoms with van der Waals surface area (Å²) < 4.78 is 51.0. The number of hydrogen-bond donors (Lipinski definition) is 2. The van der Waals surface area contributed by atoms with Crippen molar-refractivity contribution in [3.63, 3.8) is 0 Å². The predicted molar refractivity (Wildman–Crippen MR) is 136 cm³/mol. The van der Waals surface area contributed by atoms with Crippen LogP contribution in [0.15, 0.2) is 54.7 Å². The molecule has 0 aliphatic heterocycles. The van der Waals surface area contributed by atoms with E-state index in [1.807, 2.05) is 13.0 Å². The smallest absolute Gasteiger partial charge is 0.390 e. The average molecular weight is 526 g/mol. The van der Waals surface area contributed by atoms with Crippen LogP contribution in [-0.2, 0) is 0 Å². The molecule has 2 aromatic heterocycles. The van der Waals surface area contributed by atoms with Crippen molar-refractivity contribution in [2.24, 2.45) is 0 Å². The van der Waals surface area contributed by atoms with Gasteiger partial charge in [0, 0.05) is 29.8 Å². The maximum atomic E-state index is 12.8. The Balaban J connectivity index is 1.49. The summed E-state index contributed by atoms with van der Waals surface area (Å²) in [4.78, 5) is 17.0. The highest BCUT2D eigenvalue weighted by molar-refractivity contribution is 5.96. The van der Waals surface area contributed by atoms with Gasteiger partial charge in [0.15, 0.2) is 5.65 Å². The van der Waals surface area contributed by atoms with Gasteiger partial charge in [-0.25, -0.2) is 9.50 Å². The second kappa shape index (κ2) is 10.2. The van der Waals surface area contributed by atoms with Gasteiger partial charge in [-0.1, -0.05) is 6.07 Å². The fourth-order valence-corrected chi connectivity index (χ4v) is 3.99. The van der Waals surface area contributed by atoms with Crippen molar-refractivity contribution < 1.29 is 27.4 Å². The van der Waals surface area contributed by atoms with Gasteiger partial charge in [-0.2, -0.15) is 13.2 Å². The minimum absolute atomic E-state index is 0.112. The molecular weight excluding hydrogens is 499 g/mol. The van der Waals surface area contributed by atoms with Gasteiger partial charge < -0.3 is 20.1 Å². The summed E-state index contributed by atoms with van der Waals surface area (Å²) in [5, 5.41) is 10.4. The van der Waals surface area contributed by atoms with E-state index in [4.69, 9.17) is 9.47 Å². The number of anilines is 1. The van der Waals surface area contributed by atoms with E-state index in [-0.39, 0.29) is 24.4 Å². The number of aromatic nitrogens is 3. The van der Waals surface area contributed by atoms with Gasteiger partial charge in [0.1, 0.15) is 11.5 Å². The summed E-state index contributed by atoms with van der Waals surface area (Å²) >= 11 is 0. The number of methoxy groups -OCH3 is 1. The number of hydrogen-bond acceptors (Lipinski definition) is 6. The van der Waals surface area contributed by atoms with Crippen molar-refractivity contribution in [3.8, 4) is 28.6 Å². The van der Waals surface area contributed by atoms with Crippen LogP contribution in [0.2, 0.25) is 0 Å². The van der Waals surface area contributed by atoms with E-state index >= 15 is 0 Å². The number of ether oxygens (including phenoxy) is 2. The quantitative estimate of drug-likeness (QED) is 0.289. The molecule has 4 aromatic rings. The second-order valence-corrected chi connectivity index (χ2v) is 9.12. The Morgan fingerprint density at radius 3 is 2.50 bits per heavy atom. The van der Waals surface area contributed by atoms with Crippen molar-refractivity contribution in [2.75, 3.05) is 19.0 Å². The molecular formula is C27H26F3N5O3. The Morgan fingerprint density at radius 2 is 1.84 bits per heavy atom. The third kappa shape index (κ3) is 5.82. The van der Waals surface area contributed by atoms with Crippen LogP contribution in [0.1, 0.15) is 35.2 Å². The Morgan fingerprint density at radius 1 is 1.11 bits per heavy atom. The first-order chi connectivity index (χ1) is 18.2. The molecule has 2 heterocycles. The van der Waals surface area contributed by atoms with Crippen LogP contribution in [-0.4, -0.2) is 46.4 Å². The van der Waals surface area contributed by atoms with Crippen LogP contribution in [0.25, 0.3) is 16.9 Å². The molecule has 1 aliphatic rings. The van der Waals surface area contributed by atoms with Crippen molar-refractivity contribution >= 4 is 17.2 Å². The summed E-state index contributed by atoms with van der Waals surface area (Å²) in [6, 6.07) is 14.0. The zero-order chi connectivity index (χ0) is 26.9. The molecule has 0 bridgehead atoms. The van der Waals surface area contributed by atoms with Crippen molar-refractivity contribution in [3.05, 3.63) is 65.9 Å². The molecule has 5 rings (SSSR count). The molecule has 1 fully saturated rings. The summed E-state index contributed by atoms with van der Waals surface area (Å²) in [7, 11) is 1.55. The van der Waals surface area contributed by atoms with Gasteiger partial charge in [-0.05, 0) is 61.7 Å². The summed E-state index contributed by atoms with van der Waals surface area (Å²) in [6.45, 7) is 1.52. The SMILES string of the molecule is COc1ccc(Oc2cc(NCCC(F)(F)F)c3ncc(-c4ccc(C(=O)NC5CC5)c(C)c4)n3n2)cc1. The number of aryl methyl sites for hydroxylation is 1.